The Morgan fingerprint density at radius 1 is 1.41 bits per heavy atom. The van der Waals surface area contributed by atoms with Gasteiger partial charge >= 0.3 is 0 Å². The lowest BCUT2D eigenvalue weighted by Crippen LogP contribution is -2.31. The minimum Gasteiger partial charge on any atom is -0.307 e. The molecule has 0 aromatic heterocycles. The number of Topliss-reactive ketones (excluding diaryl/α,β-unsaturated/α-hetero) is 1. The molecule has 0 aliphatic rings. The van der Waals surface area contributed by atoms with Crippen molar-refractivity contribution in [3.8, 4) is 0 Å². The fourth-order valence-corrected chi connectivity index (χ4v) is 1.41. The van der Waals surface area contributed by atoms with E-state index in [1.807, 2.05) is 13.8 Å². The zero-order valence-corrected chi connectivity index (χ0v) is 10.3. The van der Waals surface area contributed by atoms with E-state index in [0.717, 1.165) is 12.5 Å². The number of hydrogen-bond acceptors (Lipinski definition) is 2. The third kappa shape index (κ3) is 3.33. The summed E-state index contributed by atoms with van der Waals surface area (Å²) in [7, 11) is 0. The predicted octanol–water partition coefficient (Wildman–Crippen LogP) is 2.84. The molecular weight excluding hydrogens is 224 g/mol. The van der Waals surface area contributed by atoms with E-state index in [0.29, 0.717) is 0 Å². The second-order valence-electron chi connectivity index (χ2n) is 4.17. The number of carbonyl (C=O) groups is 1. The predicted molar refractivity (Wildman–Crippen MR) is 63.2 cm³/mol. The molecule has 1 atom stereocenters. The number of ketones is 1. The largest absolute Gasteiger partial charge is 0.307 e. The first-order chi connectivity index (χ1) is 7.97. The van der Waals surface area contributed by atoms with Gasteiger partial charge in [0, 0.05) is 6.04 Å². The van der Waals surface area contributed by atoms with E-state index >= 15 is 0 Å². The highest BCUT2D eigenvalue weighted by molar-refractivity contribution is 5.98. The summed E-state index contributed by atoms with van der Waals surface area (Å²) in [5.41, 5.74) is -0.168. The van der Waals surface area contributed by atoms with Gasteiger partial charge in [-0.2, -0.15) is 0 Å². The third-order valence-electron chi connectivity index (χ3n) is 2.79. The molecular formula is C13H17F2NO. The molecule has 0 bridgehead atoms. The summed E-state index contributed by atoms with van der Waals surface area (Å²) >= 11 is 0. The molecule has 1 aromatic rings. The number of nitrogens with one attached hydrogen (secondary N) is 1. The summed E-state index contributed by atoms with van der Waals surface area (Å²) < 4.78 is 27.0. The van der Waals surface area contributed by atoms with Gasteiger partial charge in [0.2, 0.25) is 0 Å². The van der Waals surface area contributed by atoms with Gasteiger partial charge in [-0.15, -0.1) is 0 Å². The average molecular weight is 241 g/mol. The highest BCUT2D eigenvalue weighted by Crippen LogP contribution is 2.16. The fourth-order valence-electron chi connectivity index (χ4n) is 1.41. The molecule has 0 saturated carbocycles. The first kappa shape index (κ1) is 13.8. The molecule has 0 spiro atoms. The maximum atomic E-state index is 13.6. The van der Waals surface area contributed by atoms with E-state index in [2.05, 4.69) is 5.32 Å². The topological polar surface area (TPSA) is 29.1 Å². The summed E-state index contributed by atoms with van der Waals surface area (Å²) in [6.07, 6.45) is 0.853. The Bertz CT molecular complexity index is 418. The zero-order chi connectivity index (χ0) is 13.0. The Hall–Kier alpha value is -1.29. The Balaban J connectivity index is 2.86. The van der Waals surface area contributed by atoms with Crippen molar-refractivity contribution in [2.45, 2.75) is 33.2 Å². The second kappa shape index (κ2) is 5.87. The fraction of sp³-hybridized carbons (Fsp3) is 0.462. The first-order valence-electron chi connectivity index (χ1n) is 5.68. The SMILES string of the molecule is CCC(C)NCC(=O)c1c(F)ccc(C)c1F. The average Bonchev–Trinajstić information content (AvgIpc) is 2.31. The first-order valence-corrected chi connectivity index (χ1v) is 5.68. The van der Waals surface area contributed by atoms with Crippen LogP contribution in [0.1, 0.15) is 36.2 Å². The number of aryl methyl sites for hydroxylation is 1. The van der Waals surface area contributed by atoms with Crippen molar-refractivity contribution < 1.29 is 13.6 Å². The molecule has 94 valence electrons. The molecule has 0 heterocycles. The van der Waals surface area contributed by atoms with Crippen molar-refractivity contribution in [2.75, 3.05) is 6.54 Å². The molecule has 1 unspecified atom stereocenters. The zero-order valence-electron chi connectivity index (χ0n) is 10.3. The number of carbonyl (C=O) groups excluding carboxylic acids is 1. The Kier molecular flexibility index (Phi) is 4.75. The van der Waals surface area contributed by atoms with Gasteiger partial charge in [-0.25, -0.2) is 8.78 Å². The lowest BCUT2D eigenvalue weighted by atomic mass is 10.1. The highest BCUT2D eigenvalue weighted by atomic mass is 19.1. The van der Waals surface area contributed by atoms with Crippen molar-refractivity contribution in [3.05, 3.63) is 34.9 Å². The Morgan fingerprint density at radius 3 is 2.65 bits per heavy atom. The summed E-state index contributed by atoms with van der Waals surface area (Å²) in [6, 6.07) is 2.59. The van der Waals surface area contributed by atoms with E-state index in [-0.39, 0.29) is 18.2 Å². The normalized spacial score (nSPS) is 12.5. The summed E-state index contributed by atoms with van der Waals surface area (Å²) in [4.78, 5) is 11.7. The molecule has 0 aliphatic heterocycles. The summed E-state index contributed by atoms with van der Waals surface area (Å²) in [5, 5.41) is 2.92. The van der Waals surface area contributed by atoms with Gasteiger partial charge in [-0.3, -0.25) is 4.79 Å². The quantitative estimate of drug-likeness (QED) is 0.803. The molecule has 1 N–H and O–H groups in total. The molecule has 17 heavy (non-hydrogen) atoms. The van der Waals surface area contributed by atoms with E-state index in [9.17, 15) is 13.6 Å². The van der Waals surface area contributed by atoms with Gasteiger partial charge in [0.15, 0.2) is 5.78 Å². The van der Waals surface area contributed by atoms with Crippen molar-refractivity contribution in [1.29, 1.82) is 0 Å². The molecule has 0 fully saturated rings. The van der Waals surface area contributed by atoms with Gasteiger partial charge < -0.3 is 5.32 Å². The smallest absolute Gasteiger partial charge is 0.182 e. The minimum atomic E-state index is -0.802. The van der Waals surface area contributed by atoms with Crippen molar-refractivity contribution in [2.24, 2.45) is 0 Å². The van der Waals surface area contributed by atoms with Crippen LogP contribution in [0.4, 0.5) is 8.78 Å². The molecule has 0 saturated heterocycles. The number of hydrogen-bond donors (Lipinski definition) is 1. The van der Waals surface area contributed by atoms with E-state index < -0.39 is 23.0 Å². The maximum Gasteiger partial charge on any atom is 0.182 e. The molecule has 1 aromatic carbocycles. The summed E-state index contributed by atoms with van der Waals surface area (Å²) in [6.45, 7) is 5.34. The van der Waals surface area contributed by atoms with Crippen molar-refractivity contribution >= 4 is 5.78 Å². The third-order valence-corrected chi connectivity index (χ3v) is 2.79. The molecule has 0 amide bonds. The van der Waals surface area contributed by atoms with E-state index in [1.54, 1.807) is 0 Å². The number of benzene rings is 1. The lowest BCUT2D eigenvalue weighted by Gasteiger charge is -2.11. The van der Waals surface area contributed by atoms with Crippen LogP contribution in [-0.4, -0.2) is 18.4 Å². The van der Waals surface area contributed by atoms with Gasteiger partial charge in [-0.05, 0) is 31.9 Å². The monoisotopic (exact) mass is 241 g/mol. The van der Waals surface area contributed by atoms with Crippen LogP contribution in [0.25, 0.3) is 0 Å². The van der Waals surface area contributed by atoms with Crippen molar-refractivity contribution in [1.82, 2.24) is 5.32 Å². The van der Waals surface area contributed by atoms with Crippen LogP contribution >= 0.6 is 0 Å². The molecule has 4 heteroatoms. The van der Waals surface area contributed by atoms with Crippen LogP contribution in [-0.2, 0) is 0 Å². The van der Waals surface area contributed by atoms with Crippen LogP contribution in [0, 0.1) is 18.6 Å². The van der Waals surface area contributed by atoms with Crippen LogP contribution in [0.2, 0.25) is 0 Å². The highest BCUT2D eigenvalue weighted by Gasteiger charge is 2.18. The van der Waals surface area contributed by atoms with E-state index in [1.165, 1.54) is 13.0 Å². The van der Waals surface area contributed by atoms with Gasteiger partial charge in [-0.1, -0.05) is 13.0 Å². The Morgan fingerprint density at radius 2 is 2.06 bits per heavy atom. The lowest BCUT2D eigenvalue weighted by molar-refractivity contribution is 0.0979. The number of halogens is 2. The van der Waals surface area contributed by atoms with Gasteiger partial charge in [0.05, 0.1) is 12.1 Å². The molecule has 2 nitrogen and oxygen atoms in total. The maximum absolute atomic E-state index is 13.6. The number of rotatable bonds is 5. The van der Waals surface area contributed by atoms with E-state index in [4.69, 9.17) is 0 Å². The standard InChI is InChI=1S/C13H17F2NO/c1-4-9(3)16-7-11(17)12-10(14)6-5-8(2)13(12)15/h5-6,9,16H,4,7H2,1-3H3. The van der Waals surface area contributed by atoms with Crippen LogP contribution < -0.4 is 5.32 Å². The van der Waals surface area contributed by atoms with Gasteiger partial charge in [0.1, 0.15) is 11.6 Å². The molecule has 1 rings (SSSR count). The van der Waals surface area contributed by atoms with Crippen LogP contribution in [0.15, 0.2) is 12.1 Å². The van der Waals surface area contributed by atoms with Gasteiger partial charge in [0.25, 0.3) is 0 Å². The molecule has 0 radical (unpaired) electrons. The Labute approximate surface area is 100 Å². The van der Waals surface area contributed by atoms with Crippen LogP contribution in [0.5, 0.6) is 0 Å². The van der Waals surface area contributed by atoms with Crippen LogP contribution in [0.3, 0.4) is 0 Å². The summed E-state index contributed by atoms with van der Waals surface area (Å²) in [5.74, 6) is -2.12. The minimum absolute atomic E-state index is 0.0493. The second-order valence-corrected chi connectivity index (χ2v) is 4.17. The molecule has 0 aliphatic carbocycles. The van der Waals surface area contributed by atoms with Crippen molar-refractivity contribution in [3.63, 3.8) is 0 Å².